The highest BCUT2D eigenvalue weighted by Crippen LogP contribution is 2.24. The minimum absolute atomic E-state index is 0.0435. The van der Waals surface area contributed by atoms with Gasteiger partial charge < -0.3 is 25.6 Å². The fourth-order valence-corrected chi connectivity index (χ4v) is 3.20. The summed E-state index contributed by atoms with van der Waals surface area (Å²) in [4.78, 5) is 24.5. The number of aliphatic hydroxyl groups excluding tert-OH is 1. The summed E-state index contributed by atoms with van der Waals surface area (Å²) in [5.74, 6) is -0.630. The second kappa shape index (κ2) is 8.73. The third-order valence-corrected chi connectivity index (χ3v) is 5.27. The first-order valence-corrected chi connectivity index (χ1v) is 9.51. The van der Waals surface area contributed by atoms with Crippen molar-refractivity contribution in [3.63, 3.8) is 0 Å². The second-order valence-electron chi connectivity index (χ2n) is 7.46. The van der Waals surface area contributed by atoms with Crippen molar-refractivity contribution in [3.05, 3.63) is 70.8 Å². The van der Waals surface area contributed by atoms with Gasteiger partial charge in [-0.15, -0.1) is 0 Å². The first-order chi connectivity index (χ1) is 13.8. The number of rotatable bonds is 6. The lowest BCUT2D eigenvalue weighted by atomic mass is 9.96. The summed E-state index contributed by atoms with van der Waals surface area (Å²) in [6, 6.07) is 14.0. The number of carbonyl (C=O) groups excluding carboxylic acids is 2. The monoisotopic (exact) mass is 398 g/mol. The summed E-state index contributed by atoms with van der Waals surface area (Å²) < 4.78 is 5.48. The van der Waals surface area contributed by atoms with Crippen LogP contribution in [0.4, 0.5) is 0 Å². The van der Waals surface area contributed by atoms with Crippen LogP contribution in [-0.2, 0) is 4.74 Å². The van der Waals surface area contributed by atoms with Crippen molar-refractivity contribution in [2.75, 3.05) is 19.7 Å². The lowest BCUT2D eigenvalue weighted by Gasteiger charge is -2.26. The molecule has 0 spiro atoms. The highest BCUT2D eigenvalue weighted by Gasteiger charge is 2.48. The molecule has 2 aromatic carbocycles. The molecule has 0 aromatic heterocycles. The Morgan fingerprint density at radius 2 is 1.72 bits per heavy atom. The van der Waals surface area contributed by atoms with Gasteiger partial charge in [0.15, 0.2) is 0 Å². The van der Waals surface area contributed by atoms with Crippen LogP contribution in [-0.4, -0.2) is 59.5 Å². The molecule has 1 aliphatic heterocycles. The van der Waals surface area contributed by atoms with E-state index in [-0.39, 0.29) is 31.5 Å². The van der Waals surface area contributed by atoms with Gasteiger partial charge in [-0.25, -0.2) is 0 Å². The zero-order chi connectivity index (χ0) is 21.0. The highest BCUT2D eigenvalue weighted by molar-refractivity contribution is 5.94. The van der Waals surface area contributed by atoms with E-state index in [9.17, 15) is 19.8 Å². The fraction of sp³-hybridized carbons (Fsp3) is 0.364. The summed E-state index contributed by atoms with van der Waals surface area (Å²) in [5, 5.41) is 26.5. The summed E-state index contributed by atoms with van der Waals surface area (Å²) in [7, 11) is 0. The predicted molar refractivity (Wildman–Crippen MR) is 108 cm³/mol. The molecule has 3 rings (SSSR count). The van der Waals surface area contributed by atoms with E-state index in [0.29, 0.717) is 11.1 Å². The molecule has 4 N–H and O–H groups in total. The zero-order valence-electron chi connectivity index (χ0n) is 16.5. The van der Waals surface area contributed by atoms with Gasteiger partial charge in [-0.1, -0.05) is 24.3 Å². The minimum Gasteiger partial charge on any atom is -0.387 e. The molecule has 7 nitrogen and oxygen atoms in total. The summed E-state index contributed by atoms with van der Waals surface area (Å²) in [5.41, 5.74) is 1.46. The number of aryl methyl sites for hydroxylation is 2. The van der Waals surface area contributed by atoms with Crippen molar-refractivity contribution in [3.8, 4) is 0 Å². The Bertz CT molecular complexity index is 886. The van der Waals surface area contributed by atoms with Gasteiger partial charge in [0.2, 0.25) is 0 Å². The van der Waals surface area contributed by atoms with Gasteiger partial charge in [-0.05, 0) is 49.2 Å². The van der Waals surface area contributed by atoms with Crippen LogP contribution < -0.4 is 10.6 Å². The van der Waals surface area contributed by atoms with Gasteiger partial charge in [0.05, 0.1) is 13.2 Å². The van der Waals surface area contributed by atoms with Crippen molar-refractivity contribution in [2.24, 2.45) is 0 Å². The molecule has 0 saturated carbocycles. The fourth-order valence-electron chi connectivity index (χ4n) is 3.20. The van der Waals surface area contributed by atoms with Crippen LogP contribution in [0.3, 0.4) is 0 Å². The van der Waals surface area contributed by atoms with Crippen LogP contribution in [0.2, 0.25) is 0 Å². The number of nitrogens with one attached hydrogen (secondary N) is 2. The molecule has 1 fully saturated rings. The third kappa shape index (κ3) is 4.82. The van der Waals surface area contributed by atoms with E-state index in [2.05, 4.69) is 10.6 Å². The zero-order valence-corrected chi connectivity index (χ0v) is 16.5. The molecule has 0 unspecified atom stereocenters. The molecule has 7 heteroatoms. The van der Waals surface area contributed by atoms with E-state index in [0.717, 1.165) is 11.1 Å². The van der Waals surface area contributed by atoms with Crippen molar-refractivity contribution in [2.45, 2.75) is 31.7 Å². The third-order valence-electron chi connectivity index (χ3n) is 5.27. The molecule has 1 aliphatic rings. The lowest BCUT2D eigenvalue weighted by molar-refractivity contribution is -0.0464. The van der Waals surface area contributed by atoms with Crippen LogP contribution >= 0.6 is 0 Å². The summed E-state index contributed by atoms with van der Waals surface area (Å²) >= 11 is 0. The molecule has 1 heterocycles. The smallest absolute Gasteiger partial charge is 0.251 e. The van der Waals surface area contributed by atoms with E-state index >= 15 is 0 Å². The molecule has 2 amide bonds. The van der Waals surface area contributed by atoms with E-state index in [1.165, 1.54) is 0 Å². The highest BCUT2D eigenvalue weighted by atomic mass is 16.5. The second-order valence-corrected chi connectivity index (χ2v) is 7.46. The average molecular weight is 398 g/mol. The lowest BCUT2D eigenvalue weighted by Crippen LogP contribution is -2.53. The van der Waals surface area contributed by atoms with Gasteiger partial charge in [0.25, 0.3) is 11.8 Å². The number of aliphatic hydroxyl groups is 2. The van der Waals surface area contributed by atoms with Crippen LogP contribution in [0.5, 0.6) is 0 Å². The number of benzene rings is 2. The first kappa shape index (κ1) is 21.0. The van der Waals surface area contributed by atoms with E-state index in [1.54, 1.807) is 42.5 Å². The van der Waals surface area contributed by atoms with Crippen LogP contribution in [0, 0.1) is 13.8 Å². The Balaban J connectivity index is 1.53. The van der Waals surface area contributed by atoms with Crippen molar-refractivity contribution >= 4 is 11.8 Å². The topological polar surface area (TPSA) is 108 Å². The standard InChI is InChI=1S/C22H26N2O5/c1-14-8-9-17(10-15(14)2)21(27)23-11-18-19(25)22(28,13-29-18)12-24-20(26)16-6-4-3-5-7-16/h3-10,18-19,25,28H,11-13H2,1-2H3,(H,23,27)(H,24,26)/t18-,19-,22+/m1/s1. The number of amides is 2. The molecule has 29 heavy (non-hydrogen) atoms. The Morgan fingerprint density at radius 1 is 1.03 bits per heavy atom. The van der Waals surface area contributed by atoms with E-state index in [1.807, 2.05) is 19.9 Å². The maximum atomic E-state index is 12.3. The maximum absolute atomic E-state index is 12.3. The first-order valence-electron chi connectivity index (χ1n) is 9.51. The largest absolute Gasteiger partial charge is 0.387 e. The Labute approximate surface area is 169 Å². The Kier molecular flexibility index (Phi) is 6.32. The quantitative estimate of drug-likeness (QED) is 0.580. The Hall–Kier alpha value is -2.74. The Morgan fingerprint density at radius 3 is 2.41 bits per heavy atom. The van der Waals surface area contributed by atoms with Crippen LogP contribution in [0.25, 0.3) is 0 Å². The predicted octanol–water partition coefficient (Wildman–Crippen LogP) is 0.954. The van der Waals surface area contributed by atoms with Gasteiger partial charge in [-0.3, -0.25) is 9.59 Å². The molecule has 154 valence electrons. The van der Waals surface area contributed by atoms with Gasteiger partial charge in [0.1, 0.15) is 17.8 Å². The minimum atomic E-state index is -1.62. The van der Waals surface area contributed by atoms with Crippen molar-refractivity contribution in [1.82, 2.24) is 10.6 Å². The molecular formula is C22H26N2O5. The van der Waals surface area contributed by atoms with Gasteiger partial charge >= 0.3 is 0 Å². The van der Waals surface area contributed by atoms with E-state index < -0.39 is 17.8 Å². The molecule has 2 aromatic rings. The average Bonchev–Trinajstić information content (AvgIpc) is 3.01. The molecule has 0 aliphatic carbocycles. The molecule has 3 atom stereocenters. The van der Waals surface area contributed by atoms with Crippen molar-refractivity contribution in [1.29, 1.82) is 0 Å². The summed E-state index contributed by atoms with van der Waals surface area (Å²) in [6.07, 6.45) is -2.03. The SMILES string of the molecule is Cc1ccc(C(=O)NC[C@H]2OC[C@@](O)(CNC(=O)c3ccccc3)[C@@H]2O)cc1C. The van der Waals surface area contributed by atoms with Crippen molar-refractivity contribution < 1.29 is 24.5 Å². The van der Waals surface area contributed by atoms with Crippen LogP contribution in [0.15, 0.2) is 48.5 Å². The molecule has 1 saturated heterocycles. The normalized spacial score (nSPS) is 23.6. The number of carbonyl (C=O) groups is 2. The molecular weight excluding hydrogens is 372 g/mol. The number of hydrogen-bond donors (Lipinski definition) is 4. The van der Waals surface area contributed by atoms with Gasteiger partial charge in [-0.2, -0.15) is 0 Å². The number of hydrogen-bond acceptors (Lipinski definition) is 5. The van der Waals surface area contributed by atoms with E-state index in [4.69, 9.17) is 4.74 Å². The molecule has 0 bridgehead atoms. The molecule has 0 radical (unpaired) electrons. The number of ether oxygens (including phenoxy) is 1. The maximum Gasteiger partial charge on any atom is 0.251 e. The van der Waals surface area contributed by atoms with Gasteiger partial charge in [0, 0.05) is 17.7 Å². The van der Waals surface area contributed by atoms with Crippen LogP contribution in [0.1, 0.15) is 31.8 Å². The summed E-state index contributed by atoms with van der Waals surface area (Å²) in [6.45, 7) is 3.63.